The van der Waals surface area contributed by atoms with Crippen molar-refractivity contribution in [2.24, 2.45) is 0 Å². The molecule has 0 saturated carbocycles. The first-order chi connectivity index (χ1) is 17.9. The fraction of sp³-hybridized carbons (Fsp3) is 0.280. The first kappa shape index (κ1) is 27.5. The molecule has 10 nitrogen and oxygen atoms in total. The second kappa shape index (κ2) is 11.9. The van der Waals surface area contributed by atoms with E-state index in [9.17, 15) is 14.0 Å². The number of H-pyrrole nitrogens is 1. The Morgan fingerprint density at radius 2 is 2.05 bits per heavy atom. The number of nitrogens with zero attached hydrogens (tertiary/aromatic N) is 3. The van der Waals surface area contributed by atoms with Gasteiger partial charge in [-0.15, -0.1) is 12.4 Å². The summed E-state index contributed by atoms with van der Waals surface area (Å²) in [5, 5.41) is 8.69. The van der Waals surface area contributed by atoms with E-state index in [4.69, 9.17) is 16.3 Å². The van der Waals surface area contributed by atoms with E-state index in [0.29, 0.717) is 59.6 Å². The number of aromatic amines is 1. The molecule has 2 aliphatic heterocycles. The van der Waals surface area contributed by atoms with Crippen LogP contribution >= 0.6 is 24.0 Å². The Labute approximate surface area is 229 Å². The highest BCUT2D eigenvalue weighted by Gasteiger charge is 2.30. The molecule has 5 rings (SSSR count). The summed E-state index contributed by atoms with van der Waals surface area (Å²) < 4.78 is 18.9. The summed E-state index contributed by atoms with van der Waals surface area (Å²) in [5.74, 6) is -0.437. The molecule has 0 spiro atoms. The molecule has 0 atom stereocenters. The van der Waals surface area contributed by atoms with Crippen LogP contribution in [0.25, 0.3) is 11.6 Å². The third-order valence-electron chi connectivity index (χ3n) is 6.18. The molecule has 0 bridgehead atoms. The molecule has 38 heavy (non-hydrogen) atoms. The maximum absolute atomic E-state index is 13.6. The van der Waals surface area contributed by atoms with E-state index < -0.39 is 5.82 Å². The van der Waals surface area contributed by atoms with Crippen molar-refractivity contribution in [3.63, 3.8) is 0 Å². The molecule has 2 aromatic heterocycles. The number of carbonyl (C=O) groups excluding carboxylic acids is 2. The Morgan fingerprint density at radius 3 is 2.82 bits per heavy atom. The number of ether oxygens (including phenoxy) is 1. The van der Waals surface area contributed by atoms with Crippen LogP contribution in [0, 0.1) is 12.7 Å². The summed E-state index contributed by atoms with van der Waals surface area (Å²) in [5.41, 5.74) is 3.07. The number of anilines is 3. The fourth-order valence-corrected chi connectivity index (χ4v) is 4.39. The zero-order valence-electron chi connectivity index (χ0n) is 20.4. The van der Waals surface area contributed by atoms with E-state index >= 15 is 0 Å². The molecule has 2 amide bonds. The van der Waals surface area contributed by atoms with Gasteiger partial charge in [-0.3, -0.25) is 14.5 Å². The number of aryl methyl sites for hydroxylation is 1. The maximum Gasteiger partial charge on any atom is 0.267 e. The molecular formula is C25H26Cl2FN7O3. The number of amides is 2. The molecule has 4 N–H and O–H groups in total. The van der Waals surface area contributed by atoms with Gasteiger partial charge in [0.25, 0.3) is 11.8 Å². The highest BCUT2D eigenvalue weighted by molar-refractivity contribution is 6.35. The first-order valence-electron chi connectivity index (χ1n) is 11.8. The molecule has 2 aliphatic rings. The molecule has 3 aromatic rings. The quantitative estimate of drug-likeness (QED) is 0.325. The van der Waals surface area contributed by atoms with Gasteiger partial charge in [0.1, 0.15) is 29.5 Å². The minimum absolute atomic E-state index is 0. The highest BCUT2D eigenvalue weighted by atomic mass is 35.5. The molecule has 4 heterocycles. The molecule has 0 radical (unpaired) electrons. The largest absolute Gasteiger partial charge is 0.379 e. The van der Waals surface area contributed by atoms with Crippen LogP contribution in [0.15, 0.2) is 30.6 Å². The van der Waals surface area contributed by atoms with Crippen molar-refractivity contribution in [1.29, 1.82) is 0 Å². The number of carbonyl (C=O) groups is 2. The van der Waals surface area contributed by atoms with E-state index in [1.165, 1.54) is 24.5 Å². The normalized spacial score (nSPS) is 16.1. The van der Waals surface area contributed by atoms with Gasteiger partial charge in [0, 0.05) is 37.6 Å². The third kappa shape index (κ3) is 5.97. The molecule has 200 valence electrons. The molecule has 1 fully saturated rings. The molecular weight excluding hydrogens is 536 g/mol. The number of halogens is 3. The summed E-state index contributed by atoms with van der Waals surface area (Å²) >= 11 is 5.90. The van der Waals surface area contributed by atoms with Crippen LogP contribution < -0.4 is 16.0 Å². The van der Waals surface area contributed by atoms with Gasteiger partial charge in [0.2, 0.25) is 0 Å². The lowest BCUT2D eigenvalue weighted by molar-refractivity contribution is -0.110. The zero-order valence-corrected chi connectivity index (χ0v) is 22.0. The van der Waals surface area contributed by atoms with E-state index in [2.05, 4.69) is 35.8 Å². The zero-order chi connectivity index (χ0) is 25.9. The van der Waals surface area contributed by atoms with Crippen LogP contribution in [-0.2, 0) is 9.53 Å². The van der Waals surface area contributed by atoms with E-state index in [0.717, 1.165) is 25.2 Å². The van der Waals surface area contributed by atoms with Crippen molar-refractivity contribution in [2.75, 3.05) is 50.0 Å². The average molecular weight is 562 g/mol. The number of nitrogens with one attached hydrogen (secondary N) is 4. The summed E-state index contributed by atoms with van der Waals surface area (Å²) in [6.07, 6.45) is 2.97. The van der Waals surface area contributed by atoms with Crippen molar-refractivity contribution >= 4 is 64.8 Å². The number of morpholine rings is 1. The summed E-state index contributed by atoms with van der Waals surface area (Å²) in [7, 11) is 0. The van der Waals surface area contributed by atoms with Gasteiger partial charge in [-0.05, 0) is 42.8 Å². The van der Waals surface area contributed by atoms with Crippen molar-refractivity contribution in [2.45, 2.75) is 6.92 Å². The monoisotopic (exact) mass is 561 g/mol. The van der Waals surface area contributed by atoms with Crippen LogP contribution in [0.2, 0.25) is 5.02 Å². The van der Waals surface area contributed by atoms with Gasteiger partial charge in [0.05, 0.1) is 29.4 Å². The summed E-state index contributed by atoms with van der Waals surface area (Å²) in [4.78, 5) is 39.3. The van der Waals surface area contributed by atoms with Crippen LogP contribution in [0.1, 0.15) is 27.3 Å². The third-order valence-corrected chi connectivity index (χ3v) is 6.47. The van der Waals surface area contributed by atoms with Gasteiger partial charge >= 0.3 is 0 Å². The maximum atomic E-state index is 13.6. The lowest BCUT2D eigenvalue weighted by Crippen LogP contribution is -2.41. The number of aromatic nitrogens is 3. The Bertz CT molecular complexity index is 1390. The van der Waals surface area contributed by atoms with Gasteiger partial charge in [-0.1, -0.05) is 11.6 Å². The van der Waals surface area contributed by atoms with Crippen LogP contribution in [-0.4, -0.2) is 71.1 Å². The predicted molar refractivity (Wildman–Crippen MR) is 146 cm³/mol. The lowest BCUT2D eigenvalue weighted by Gasteiger charge is -2.26. The smallest absolute Gasteiger partial charge is 0.267 e. The number of benzene rings is 1. The van der Waals surface area contributed by atoms with Gasteiger partial charge in [0.15, 0.2) is 0 Å². The Morgan fingerprint density at radius 1 is 1.26 bits per heavy atom. The predicted octanol–water partition coefficient (Wildman–Crippen LogP) is 3.63. The van der Waals surface area contributed by atoms with Crippen LogP contribution in [0.3, 0.4) is 0 Å². The van der Waals surface area contributed by atoms with Crippen LogP contribution in [0.4, 0.5) is 21.7 Å². The van der Waals surface area contributed by atoms with Crippen molar-refractivity contribution in [1.82, 2.24) is 25.2 Å². The van der Waals surface area contributed by atoms with Crippen LogP contribution in [0.5, 0.6) is 0 Å². The van der Waals surface area contributed by atoms with Gasteiger partial charge < -0.3 is 25.7 Å². The summed E-state index contributed by atoms with van der Waals surface area (Å²) in [6.45, 7) is 6.24. The molecule has 13 heteroatoms. The van der Waals surface area contributed by atoms with E-state index in [1.807, 2.05) is 6.92 Å². The highest BCUT2D eigenvalue weighted by Crippen LogP contribution is 2.37. The standard InChI is InChI=1S/C25H25ClFN7O3.ClH/c1-14-10-20(25(36)28-4-5-34-6-8-37-9-7-34)32-19(14)12-16-21-22(29-13-30-23(21)33-24(16)35)31-15-2-3-18(27)17(26)11-15;/h2-3,10-13,32H,4-9H2,1H3,(H,28,36)(H2,29,30,31,33,35);1H. The van der Waals surface area contributed by atoms with Crippen molar-refractivity contribution < 1.29 is 18.7 Å². The minimum atomic E-state index is -0.541. The number of hydrogen-bond acceptors (Lipinski definition) is 7. The van der Waals surface area contributed by atoms with E-state index in [-0.39, 0.29) is 29.2 Å². The lowest BCUT2D eigenvalue weighted by atomic mass is 10.1. The molecule has 1 saturated heterocycles. The molecule has 1 aromatic carbocycles. The number of hydrogen-bond donors (Lipinski definition) is 4. The number of rotatable bonds is 7. The second-order valence-corrected chi connectivity index (χ2v) is 9.11. The van der Waals surface area contributed by atoms with E-state index in [1.54, 1.807) is 12.1 Å². The first-order valence-corrected chi connectivity index (χ1v) is 12.2. The average Bonchev–Trinajstić information content (AvgIpc) is 3.42. The van der Waals surface area contributed by atoms with Crippen molar-refractivity contribution in [3.8, 4) is 0 Å². The number of fused-ring (bicyclic) bond motifs is 1. The fourth-order valence-electron chi connectivity index (χ4n) is 4.21. The summed E-state index contributed by atoms with van der Waals surface area (Å²) in [6, 6.07) is 5.92. The Balaban J connectivity index is 0.00000336. The van der Waals surface area contributed by atoms with Crippen molar-refractivity contribution in [3.05, 3.63) is 63.9 Å². The second-order valence-electron chi connectivity index (χ2n) is 8.70. The van der Waals surface area contributed by atoms with Gasteiger partial charge in [-0.2, -0.15) is 0 Å². The topological polar surface area (TPSA) is 124 Å². The minimum Gasteiger partial charge on any atom is -0.379 e. The Hall–Kier alpha value is -3.51. The SMILES string of the molecule is Cc1cc(C(=O)NCCN2CCOCC2)[nH]c1C=C1C(=O)Nc2ncnc(Nc3ccc(F)c(Cl)c3)c21.Cl. The Kier molecular flexibility index (Phi) is 8.62. The molecule has 0 unspecified atom stereocenters. The van der Waals surface area contributed by atoms with Gasteiger partial charge in [-0.25, -0.2) is 14.4 Å². The molecule has 0 aliphatic carbocycles.